The van der Waals surface area contributed by atoms with Gasteiger partial charge < -0.3 is 16.2 Å². The molecule has 0 heterocycles. The van der Waals surface area contributed by atoms with Crippen molar-refractivity contribution in [1.29, 1.82) is 0 Å². The zero-order valence-electron chi connectivity index (χ0n) is 11.2. The summed E-state index contributed by atoms with van der Waals surface area (Å²) in [5, 5.41) is 12.2. The van der Waals surface area contributed by atoms with E-state index in [2.05, 4.69) is 10.3 Å². The lowest BCUT2D eigenvalue weighted by Gasteiger charge is -2.20. The highest BCUT2D eigenvalue weighted by Gasteiger charge is 2.15. The van der Waals surface area contributed by atoms with Crippen molar-refractivity contribution in [3.8, 4) is 0 Å². The maximum Gasteiger partial charge on any atom is 0.193 e. The van der Waals surface area contributed by atoms with Gasteiger partial charge in [-0.2, -0.15) is 0 Å². The highest BCUT2D eigenvalue weighted by Crippen LogP contribution is 2.20. The van der Waals surface area contributed by atoms with Crippen LogP contribution in [0.15, 0.2) is 35.3 Å². The normalized spacial score (nSPS) is 12.5. The topological polar surface area (TPSA) is 70.6 Å². The molecule has 0 saturated carbocycles. The first kappa shape index (κ1) is 14.5. The number of guanidine groups is 1. The van der Waals surface area contributed by atoms with Gasteiger partial charge in [0, 0.05) is 18.8 Å². The summed E-state index contributed by atoms with van der Waals surface area (Å²) in [6, 6.07) is 9.72. The standard InChI is InChI=1S/C14H23N3O/c1-14(2,11-18)9-6-10-16-13(15)17-12-7-4-3-5-8-12/h3-5,7-8,18H,6,9-11H2,1-2H3,(H3,15,16,17). The molecule has 4 N–H and O–H groups in total. The molecule has 0 aliphatic carbocycles. The second kappa shape index (κ2) is 7.01. The van der Waals surface area contributed by atoms with Gasteiger partial charge in [0.05, 0.1) is 0 Å². The van der Waals surface area contributed by atoms with E-state index in [1.54, 1.807) is 0 Å². The number of hydrogen-bond acceptors (Lipinski definition) is 2. The largest absolute Gasteiger partial charge is 0.396 e. The summed E-state index contributed by atoms with van der Waals surface area (Å²) in [5.74, 6) is 0.433. The molecular weight excluding hydrogens is 226 g/mol. The predicted molar refractivity (Wildman–Crippen MR) is 76.7 cm³/mol. The van der Waals surface area contributed by atoms with E-state index < -0.39 is 0 Å². The van der Waals surface area contributed by atoms with E-state index in [0.29, 0.717) is 12.5 Å². The zero-order valence-corrected chi connectivity index (χ0v) is 11.2. The summed E-state index contributed by atoms with van der Waals surface area (Å²) in [6.45, 7) is 4.97. The van der Waals surface area contributed by atoms with Crippen LogP contribution >= 0.6 is 0 Å². The highest BCUT2D eigenvalue weighted by molar-refractivity contribution is 5.92. The fraction of sp³-hybridized carbons (Fsp3) is 0.500. The van der Waals surface area contributed by atoms with Crippen LogP contribution in [0.25, 0.3) is 0 Å². The summed E-state index contributed by atoms with van der Waals surface area (Å²) in [4.78, 5) is 4.26. The molecule has 0 bridgehead atoms. The Kier molecular flexibility index (Phi) is 5.65. The van der Waals surface area contributed by atoms with Gasteiger partial charge in [-0.15, -0.1) is 0 Å². The van der Waals surface area contributed by atoms with Crippen LogP contribution in [0.4, 0.5) is 5.69 Å². The van der Waals surface area contributed by atoms with Gasteiger partial charge in [-0.3, -0.25) is 4.99 Å². The van der Waals surface area contributed by atoms with Gasteiger partial charge in [0.25, 0.3) is 0 Å². The number of hydrogen-bond donors (Lipinski definition) is 3. The van der Waals surface area contributed by atoms with Crippen LogP contribution in [-0.4, -0.2) is 24.2 Å². The molecule has 0 saturated heterocycles. The van der Waals surface area contributed by atoms with Crippen molar-refractivity contribution in [2.24, 2.45) is 16.1 Å². The summed E-state index contributed by atoms with van der Waals surface area (Å²) in [5.41, 5.74) is 6.69. The minimum atomic E-state index is -0.0306. The van der Waals surface area contributed by atoms with Gasteiger partial charge in [-0.1, -0.05) is 32.0 Å². The third-order valence-corrected chi connectivity index (χ3v) is 2.77. The monoisotopic (exact) mass is 249 g/mol. The Bertz CT molecular complexity index is 374. The van der Waals surface area contributed by atoms with Gasteiger partial charge in [-0.05, 0) is 30.4 Å². The van der Waals surface area contributed by atoms with E-state index in [-0.39, 0.29) is 12.0 Å². The van der Waals surface area contributed by atoms with Crippen LogP contribution < -0.4 is 11.1 Å². The summed E-state index contributed by atoms with van der Waals surface area (Å²) < 4.78 is 0. The average Bonchev–Trinajstić information content (AvgIpc) is 2.36. The molecule has 1 aromatic carbocycles. The van der Waals surface area contributed by atoms with Crippen LogP contribution in [-0.2, 0) is 0 Å². The van der Waals surface area contributed by atoms with E-state index in [1.807, 2.05) is 44.2 Å². The van der Waals surface area contributed by atoms with Gasteiger partial charge in [-0.25, -0.2) is 0 Å². The van der Waals surface area contributed by atoms with Crippen LogP contribution in [0.3, 0.4) is 0 Å². The smallest absolute Gasteiger partial charge is 0.193 e. The van der Waals surface area contributed by atoms with Crippen molar-refractivity contribution >= 4 is 11.6 Å². The molecule has 0 amide bonds. The molecule has 0 spiro atoms. The molecular formula is C14H23N3O. The first-order valence-electron chi connectivity index (χ1n) is 6.26. The number of rotatable bonds is 6. The van der Waals surface area contributed by atoms with Crippen molar-refractivity contribution in [3.05, 3.63) is 30.3 Å². The van der Waals surface area contributed by atoms with Crippen molar-refractivity contribution in [2.45, 2.75) is 26.7 Å². The van der Waals surface area contributed by atoms with Gasteiger partial charge >= 0.3 is 0 Å². The number of nitrogens with two attached hydrogens (primary N) is 1. The SMILES string of the molecule is CC(C)(CO)CCCN=C(N)Nc1ccccc1. The second-order valence-corrected chi connectivity index (χ2v) is 5.18. The van der Waals surface area contributed by atoms with Crippen LogP contribution in [0.5, 0.6) is 0 Å². The van der Waals surface area contributed by atoms with Crippen molar-refractivity contribution in [1.82, 2.24) is 0 Å². The lowest BCUT2D eigenvalue weighted by Crippen LogP contribution is -2.23. The van der Waals surface area contributed by atoms with E-state index in [0.717, 1.165) is 18.5 Å². The summed E-state index contributed by atoms with van der Waals surface area (Å²) in [6.07, 6.45) is 1.86. The Morgan fingerprint density at radius 1 is 1.33 bits per heavy atom. The summed E-state index contributed by atoms with van der Waals surface area (Å²) in [7, 11) is 0. The highest BCUT2D eigenvalue weighted by atomic mass is 16.3. The molecule has 0 aliphatic heterocycles. The fourth-order valence-electron chi connectivity index (χ4n) is 1.55. The molecule has 0 fully saturated rings. The molecule has 1 aromatic rings. The number of para-hydroxylation sites is 1. The first-order valence-corrected chi connectivity index (χ1v) is 6.26. The Hall–Kier alpha value is -1.55. The maximum atomic E-state index is 9.12. The molecule has 100 valence electrons. The van der Waals surface area contributed by atoms with Crippen LogP contribution in [0.1, 0.15) is 26.7 Å². The van der Waals surface area contributed by atoms with E-state index in [1.165, 1.54) is 0 Å². The Morgan fingerprint density at radius 3 is 2.61 bits per heavy atom. The number of anilines is 1. The van der Waals surface area contributed by atoms with E-state index in [4.69, 9.17) is 10.8 Å². The minimum absolute atomic E-state index is 0.0306. The third kappa shape index (κ3) is 5.68. The third-order valence-electron chi connectivity index (χ3n) is 2.77. The maximum absolute atomic E-state index is 9.12. The van der Waals surface area contributed by atoms with Crippen molar-refractivity contribution in [3.63, 3.8) is 0 Å². The van der Waals surface area contributed by atoms with E-state index in [9.17, 15) is 0 Å². The molecule has 4 heteroatoms. The molecule has 0 aliphatic rings. The molecule has 0 radical (unpaired) electrons. The number of aliphatic imine (C=N–C) groups is 1. The number of benzene rings is 1. The Labute approximate surface area is 109 Å². The van der Waals surface area contributed by atoms with Crippen molar-refractivity contribution < 1.29 is 5.11 Å². The quantitative estimate of drug-likeness (QED) is 0.411. The first-order chi connectivity index (χ1) is 8.53. The Balaban J connectivity index is 2.30. The van der Waals surface area contributed by atoms with E-state index >= 15 is 0 Å². The van der Waals surface area contributed by atoms with Gasteiger partial charge in [0.15, 0.2) is 5.96 Å². The van der Waals surface area contributed by atoms with Gasteiger partial charge in [0.2, 0.25) is 0 Å². The lowest BCUT2D eigenvalue weighted by molar-refractivity contribution is 0.149. The molecule has 0 unspecified atom stereocenters. The number of nitrogens with one attached hydrogen (secondary N) is 1. The molecule has 4 nitrogen and oxygen atoms in total. The van der Waals surface area contributed by atoms with Crippen LogP contribution in [0, 0.1) is 5.41 Å². The minimum Gasteiger partial charge on any atom is -0.396 e. The average molecular weight is 249 g/mol. The van der Waals surface area contributed by atoms with Crippen LogP contribution in [0.2, 0.25) is 0 Å². The zero-order chi connectivity index (χ0) is 13.4. The number of aliphatic hydroxyl groups is 1. The second-order valence-electron chi connectivity index (χ2n) is 5.18. The number of nitrogens with zero attached hydrogens (tertiary/aromatic N) is 1. The lowest BCUT2D eigenvalue weighted by atomic mass is 9.89. The molecule has 1 rings (SSSR count). The summed E-state index contributed by atoms with van der Waals surface area (Å²) >= 11 is 0. The fourth-order valence-corrected chi connectivity index (χ4v) is 1.55. The Morgan fingerprint density at radius 2 is 2.00 bits per heavy atom. The van der Waals surface area contributed by atoms with Crippen molar-refractivity contribution in [2.75, 3.05) is 18.5 Å². The van der Waals surface area contributed by atoms with Gasteiger partial charge in [0.1, 0.15) is 0 Å². The number of aliphatic hydroxyl groups excluding tert-OH is 1. The predicted octanol–water partition coefficient (Wildman–Crippen LogP) is 2.21. The molecule has 0 aromatic heterocycles. The molecule has 18 heavy (non-hydrogen) atoms. The molecule has 0 atom stereocenters.